The molecule has 374 valence electrons. The molecule has 15 nitrogen and oxygen atoms in total. The molecule has 0 aromatic rings. The van der Waals surface area contributed by atoms with Gasteiger partial charge in [-0.25, -0.2) is 4.79 Å². The fourth-order valence-corrected chi connectivity index (χ4v) is 10.4. The molecule has 15 heteroatoms. The van der Waals surface area contributed by atoms with Crippen molar-refractivity contribution in [2.45, 2.75) is 185 Å². The lowest BCUT2D eigenvalue weighted by molar-refractivity contribution is -0.265. The number of rotatable bonds is 7. The molecule has 4 rings (SSSR count). The van der Waals surface area contributed by atoms with E-state index in [1.165, 1.54) is 12.0 Å². The quantitative estimate of drug-likeness (QED) is 0.145. The molecular formula is C51H82N2O13. The van der Waals surface area contributed by atoms with Crippen LogP contribution in [-0.2, 0) is 47.6 Å². The molecule has 0 spiro atoms. The van der Waals surface area contributed by atoms with Gasteiger partial charge in [-0.3, -0.25) is 14.4 Å². The highest BCUT2D eigenvalue weighted by Crippen LogP contribution is 2.37. The molecule has 3 heterocycles. The molecule has 1 amide bonds. The topological polar surface area (TPSA) is 214 Å². The standard InChI is InChI=1S/C51H82N2O13/c1-30-16-12-11-13-17-31(2)41(61-7)28-37-21-19-35(6)51(60,66-37)48(57)49(58)53-23-15-14-18-39(53)50(59)65-43(38(52)26-36-20-22-40(54)44(27-36)63-9)29-42(62-8)32(3)25-34(5)47(64-10)46(56)45(55)33(4)24-30/h11-13,16-17,25,30,32-33,35-44,46-47,54,56,60H,14-15,18-24,26-29,52H2,1-10H3/b13-11+,16-12+,31-17+,34-25+/t30-,32-,33-,35-,36+,37+,38-,39+,40-,41+,42-,43+,44-,46+,47-,51-/m1/s1. The van der Waals surface area contributed by atoms with Crippen molar-refractivity contribution in [2.75, 3.05) is 35.0 Å². The predicted octanol–water partition coefficient (Wildman–Crippen LogP) is 5.32. The third-order valence-electron chi connectivity index (χ3n) is 14.7. The molecule has 0 aromatic carbocycles. The Labute approximate surface area is 393 Å². The van der Waals surface area contributed by atoms with Gasteiger partial charge in [0.1, 0.15) is 24.4 Å². The van der Waals surface area contributed by atoms with Gasteiger partial charge in [-0.2, -0.15) is 0 Å². The lowest BCUT2D eigenvalue weighted by Gasteiger charge is -2.43. The van der Waals surface area contributed by atoms with Crippen molar-refractivity contribution in [1.29, 1.82) is 0 Å². The van der Waals surface area contributed by atoms with Crippen molar-refractivity contribution in [3.8, 4) is 0 Å². The maximum absolute atomic E-state index is 14.5. The summed E-state index contributed by atoms with van der Waals surface area (Å²) in [4.78, 5) is 57.9. The van der Waals surface area contributed by atoms with Crippen LogP contribution in [0.25, 0.3) is 0 Å². The number of Topliss-reactive ketones (excluding diaryl/α,β-unsaturated/α-hetero) is 2. The minimum atomic E-state index is -2.42. The van der Waals surface area contributed by atoms with Crippen LogP contribution in [0.2, 0.25) is 0 Å². The van der Waals surface area contributed by atoms with Crippen LogP contribution in [0, 0.1) is 29.6 Å². The first-order valence-electron chi connectivity index (χ1n) is 24.2. The first kappa shape index (κ1) is 55.5. The fourth-order valence-electron chi connectivity index (χ4n) is 10.4. The summed E-state index contributed by atoms with van der Waals surface area (Å²) in [6.45, 7) is 11.2. The molecule has 3 aliphatic heterocycles. The highest BCUT2D eigenvalue weighted by molar-refractivity contribution is 6.39. The zero-order valence-corrected chi connectivity index (χ0v) is 41.3. The number of amides is 1. The molecule has 3 fully saturated rings. The molecule has 4 aliphatic rings. The van der Waals surface area contributed by atoms with Gasteiger partial charge in [-0.05, 0) is 101 Å². The van der Waals surface area contributed by atoms with E-state index in [1.54, 1.807) is 35.2 Å². The van der Waals surface area contributed by atoms with Gasteiger partial charge in [0.15, 0.2) is 5.78 Å². The second-order valence-corrected chi connectivity index (χ2v) is 19.7. The van der Waals surface area contributed by atoms with Gasteiger partial charge in [0.05, 0.1) is 30.5 Å². The summed E-state index contributed by atoms with van der Waals surface area (Å²) in [7, 11) is 6.15. The van der Waals surface area contributed by atoms with Crippen molar-refractivity contribution >= 4 is 23.4 Å². The Bertz CT molecular complexity index is 1730. The Kier molecular flexibility index (Phi) is 21.9. The van der Waals surface area contributed by atoms with Crippen molar-refractivity contribution < 1.29 is 62.9 Å². The second kappa shape index (κ2) is 26.0. The Balaban J connectivity index is 1.72. The molecule has 2 saturated heterocycles. The normalized spacial score (nSPS) is 41.1. The molecule has 0 radical (unpaired) electrons. The molecule has 66 heavy (non-hydrogen) atoms. The summed E-state index contributed by atoms with van der Waals surface area (Å²) in [5.74, 6) is -7.02. The third kappa shape index (κ3) is 14.5. The number of fused-ring (bicyclic) bond motifs is 3. The van der Waals surface area contributed by atoms with E-state index in [2.05, 4.69) is 0 Å². The molecule has 0 unspecified atom stereocenters. The van der Waals surface area contributed by atoms with Gasteiger partial charge < -0.3 is 54.4 Å². The van der Waals surface area contributed by atoms with Gasteiger partial charge in [-0.15, -0.1) is 0 Å². The summed E-state index contributed by atoms with van der Waals surface area (Å²) in [6.07, 6.45) is 11.2. The molecule has 1 aliphatic carbocycles. The van der Waals surface area contributed by atoms with Gasteiger partial charge in [-0.1, -0.05) is 64.2 Å². The summed E-state index contributed by atoms with van der Waals surface area (Å²) in [6, 6.07) is -1.81. The second-order valence-electron chi connectivity index (χ2n) is 19.7. The minimum Gasteiger partial charge on any atom is -0.459 e. The highest BCUT2D eigenvalue weighted by Gasteiger charge is 2.53. The lowest BCUT2D eigenvalue weighted by atomic mass is 9.80. The monoisotopic (exact) mass is 931 g/mol. The largest absolute Gasteiger partial charge is 0.459 e. The number of hydrogen-bond acceptors (Lipinski definition) is 14. The zero-order valence-electron chi connectivity index (χ0n) is 41.3. The summed E-state index contributed by atoms with van der Waals surface area (Å²) < 4.78 is 35.7. The van der Waals surface area contributed by atoms with E-state index >= 15 is 0 Å². The van der Waals surface area contributed by atoms with Gasteiger partial charge in [0.25, 0.3) is 11.7 Å². The van der Waals surface area contributed by atoms with E-state index in [0.29, 0.717) is 69.8 Å². The van der Waals surface area contributed by atoms with E-state index in [-0.39, 0.29) is 49.0 Å². The number of hydrogen-bond donors (Lipinski definition) is 4. The number of carbonyl (C=O) groups is 4. The number of methoxy groups -OCH3 is 4. The van der Waals surface area contributed by atoms with Crippen LogP contribution < -0.4 is 5.73 Å². The van der Waals surface area contributed by atoms with Gasteiger partial charge >= 0.3 is 5.97 Å². The van der Waals surface area contributed by atoms with Crippen LogP contribution in [0.5, 0.6) is 0 Å². The van der Waals surface area contributed by atoms with Crippen LogP contribution in [0.4, 0.5) is 0 Å². The van der Waals surface area contributed by atoms with Crippen molar-refractivity contribution in [3.05, 3.63) is 47.6 Å². The molecular weight excluding hydrogens is 849 g/mol. The Morgan fingerprint density at radius 1 is 0.818 bits per heavy atom. The summed E-state index contributed by atoms with van der Waals surface area (Å²) in [5, 5.41) is 33.9. The van der Waals surface area contributed by atoms with E-state index < -0.39 is 90.1 Å². The average molecular weight is 931 g/mol. The smallest absolute Gasteiger partial charge is 0.329 e. The van der Waals surface area contributed by atoms with Crippen molar-refractivity contribution in [1.82, 2.24) is 4.90 Å². The molecule has 5 N–H and O–H groups in total. The molecule has 0 aromatic heterocycles. The van der Waals surface area contributed by atoms with E-state index in [0.717, 1.165) is 5.57 Å². The number of piperidine rings is 1. The van der Waals surface area contributed by atoms with Crippen LogP contribution >= 0.6 is 0 Å². The number of ether oxygens (including phenoxy) is 6. The van der Waals surface area contributed by atoms with E-state index in [1.807, 2.05) is 64.2 Å². The van der Waals surface area contributed by atoms with Crippen molar-refractivity contribution in [3.63, 3.8) is 0 Å². The Morgan fingerprint density at radius 2 is 1.53 bits per heavy atom. The predicted molar refractivity (Wildman–Crippen MR) is 250 cm³/mol. The first-order valence-corrected chi connectivity index (χ1v) is 24.2. The highest BCUT2D eigenvalue weighted by atomic mass is 16.6. The van der Waals surface area contributed by atoms with Crippen LogP contribution in [-0.4, -0.2) is 145 Å². The number of nitrogens with two attached hydrogens (primary N) is 1. The summed E-state index contributed by atoms with van der Waals surface area (Å²) >= 11 is 0. The number of nitrogens with zero attached hydrogens (tertiary/aromatic N) is 1. The first-order chi connectivity index (χ1) is 31.3. The average Bonchev–Trinajstić information content (AvgIpc) is 3.29. The molecule has 1 saturated carbocycles. The number of ketones is 2. The van der Waals surface area contributed by atoms with E-state index in [4.69, 9.17) is 34.2 Å². The number of aliphatic hydroxyl groups excluding tert-OH is 2. The number of esters is 1. The number of carbonyl (C=O) groups excluding carboxylic acids is 4. The Hall–Kier alpha value is -3.12. The SMILES string of the molecule is CO[C@H]1C[C@@H]2CC[C@@H](C)[C@@](O)(O2)C(=O)C(=O)N2CCCC[C@H]2C(=O)O[C@H]([C@H](N)C[C@@H]2CC[C@@H](O)[C@H](OC)C2)C[C@@H](OC)[C@H](C)/C=C(\C)[C@@H](OC)[C@@H](O)C(=O)[C@H](C)C[C@H](C)/C=C/C=C/C=C/1C. The summed E-state index contributed by atoms with van der Waals surface area (Å²) in [5.41, 5.74) is 8.50. The number of allylic oxidation sites excluding steroid dienone is 5. The van der Waals surface area contributed by atoms with Crippen molar-refractivity contribution in [2.24, 2.45) is 35.3 Å². The van der Waals surface area contributed by atoms with Gasteiger partial charge in [0, 0.05) is 71.6 Å². The van der Waals surface area contributed by atoms with E-state index in [9.17, 15) is 34.5 Å². The lowest BCUT2D eigenvalue weighted by Crippen LogP contribution is -2.61. The fraction of sp³-hybridized carbons (Fsp3) is 0.765. The zero-order chi connectivity index (χ0) is 48.9. The van der Waals surface area contributed by atoms with Crippen LogP contribution in [0.3, 0.4) is 0 Å². The maximum Gasteiger partial charge on any atom is 0.329 e. The minimum absolute atomic E-state index is 0.0215. The maximum atomic E-state index is 14.5. The molecule has 16 atom stereocenters. The number of aliphatic hydroxyl groups is 3. The van der Waals surface area contributed by atoms with Gasteiger partial charge in [0.2, 0.25) is 5.79 Å². The van der Waals surface area contributed by atoms with Crippen LogP contribution in [0.1, 0.15) is 119 Å². The Morgan fingerprint density at radius 3 is 2.20 bits per heavy atom. The number of cyclic esters (lactones) is 1. The molecule has 2 bridgehead atoms. The van der Waals surface area contributed by atoms with Crippen LogP contribution in [0.15, 0.2) is 47.6 Å². The third-order valence-corrected chi connectivity index (χ3v) is 14.7.